The molecule has 0 aliphatic rings. The Kier molecular flexibility index (Phi) is 5.04. The minimum Gasteiger partial charge on any atom is -0.455 e. The maximum Gasteiger partial charge on any atom is 0.288 e. The van der Waals surface area contributed by atoms with Gasteiger partial charge in [0, 0.05) is 24.0 Å². The van der Waals surface area contributed by atoms with Crippen molar-refractivity contribution in [2.45, 2.75) is 0 Å². The number of hydrogen-bond donors (Lipinski definition) is 1. The highest BCUT2D eigenvalue weighted by Crippen LogP contribution is 2.30. The van der Waals surface area contributed by atoms with Gasteiger partial charge in [-0.1, -0.05) is 11.6 Å². The molecule has 1 amide bonds. The van der Waals surface area contributed by atoms with Crippen LogP contribution in [0.25, 0.3) is 11.3 Å². The Labute approximate surface area is 152 Å². The molecule has 2 heterocycles. The summed E-state index contributed by atoms with van der Waals surface area (Å²) in [6.45, 7) is 0. The summed E-state index contributed by atoms with van der Waals surface area (Å²) in [6, 6.07) is 10.9. The first-order valence-corrected chi connectivity index (χ1v) is 7.70. The van der Waals surface area contributed by atoms with Crippen LogP contribution in [0, 0.1) is 10.1 Å². The lowest BCUT2D eigenvalue weighted by Gasteiger charge is -1.99. The molecule has 0 radical (unpaired) electrons. The molecule has 0 aliphatic heterocycles. The SMILES string of the molecule is O=C(N/N=C\c1ccc(-c2ccc(Cl)c([N+](=O)[O-])c2)o1)c1cccnc1. The number of nitro groups is 1. The number of nitrogens with one attached hydrogen (secondary N) is 1. The number of amides is 1. The molecule has 0 spiro atoms. The smallest absolute Gasteiger partial charge is 0.288 e. The van der Waals surface area contributed by atoms with Crippen LogP contribution in [0.15, 0.2) is 64.4 Å². The van der Waals surface area contributed by atoms with Crippen LogP contribution in [0.3, 0.4) is 0 Å². The van der Waals surface area contributed by atoms with Crippen LogP contribution in [-0.4, -0.2) is 22.0 Å². The summed E-state index contributed by atoms with van der Waals surface area (Å²) < 4.78 is 5.55. The fourth-order valence-electron chi connectivity index (χ4n) is 2.10. The molecule has 26 heavy (non-hydrogen) atoms. The molecule has 0 saturated heterocycles. The predicted molar refractivity (Wildman–Crippen MR) is 95.1 cm³/mol. The average molecular weight is 371 g/mol. The van der Waals surface area contributed by atoms with E-state index in [1.165, 1.54) is 24.5 Å². The van der Waals surface area contributed by atoms with Gasteiger partial charge in [0.25, 0.3) is 11.6 Å². The Morgan fingerprint density at radius 2 is 2.15 bits per heavy atom. The van der Waals surface area contributed by atoms with Gasteiger partial charge in [0.2, 0.25) is 0 Å². The second-order valence-corrected chi connectivity index (χ2v) is 5.47. The van der Waals surface area contributed by atoms with Crippen molar-refractivity contribution < 1.29 is 14.1 Å². The Bertz CT molecular complexity index is 985. The molecule has 0 saturated carbocycles. The molecule has 3 aromatic rings. The van der Waals surface area contributed by atoms with Crippen LogP contribution in [0.1, 0.15) is 16.1 Å². The summed E-state index contributed by atoms with van der Waals surface area (Å²) in [4.78, 5) is 26.1. The van der Waals surface area contributed by atoms with E-state index < -0.39 is 10.8 Å². The quantitative estimate of drug-likeness (QED) is 0.418. The highest BCUT2D eigenvalue weighted by molar-refractivity contribution is 6.32. The highest BCUT2D eigenvalue weighted by Gasteiger charge is 2.15. The van der Waals surface area contributed by atoms with E-state index >= 15 is 0 Å². The van der Waals surface area contributed by atoms with Crippen molar-refractivity contribution in [3.63, 3.8) is 0 Å². The van der Waals surface area contributed by atoms with E-state index in [1.807, 2.05) is 0 Å². The molecule has 0 aliphatic carbocycles. The lowest BCUT2D eigenvalue weighted by molar-refractivity contribution is -0.384. The van der Waals surface area contributed by atoms with Gasteiger partial charge < -0.3 is 4.42 Å². The molecular weight excluding hydrogens is 360 g/mol. The van der Waals surface area contributed by atoms with E-state index in [2.05, 4.69) is 15.5 Å². The fraction of sp³-hybridized carbons (Fsp3) is 0. The van der Waals surface area contributed by atoms with Crippen molar-refractivity contribution in [3.8, 4) is 11.3 Å². The standard InChI is InChI=1S/C17H11ClN4O4/c18-14-5-3-11(8-15(14)22(24)25)16-6-4-13(26-16)10-20-21-17(23)12-2-1-7-19-9-12/h1-10H,(H,21,23)/b20-10-. The average Bonchev–Trinajstić information content (AvgIpc) is 3.11. The van der Waals surface area contributed by atoms with E-state index in [0.29, 0.717) is 22.6 Å². The van der Waals surface area contributed by atoms with Crippen LogP contribution in [-0.2, 0) is 0 Å². The molecule has 3 rings (SSSR count). The maximum absolute atomic E-state index is 11.8. The number of carbonyl (C=O) groups is 1. The highest BCUT2D eigenvalue weighted by atomic mass is 35.5. The first kappa shape index (κ1) is 17.3. The second-order valence-electron chi connectivity index (χ2n) is 5.07. The zero-order valence-electron chi connectivity index (χ0n) is 13.1. The number of nitrogens with zero attached hydrogens (tertiary/aromatic N) is 3. The van der Waals surface area contributed by atoms with Gasteiger partial charge >= 0.3 is 0 Å². The summed E-state index contributed by atoms with van der Waals surface area (Å²) in [7, 11) is 0. The van der Waals surface area contributed by atoms with E-state index in [0.717, 1.165) is 0 Å². The van der Waals surface area contributed by atoms with Gasteiger partial charge in [-0.25, -0.2) is 5.43 Å². The summed E-state index contributed by atoms with van der Waals surface area (Å²) >= 11 is 5.79. The summed E-state index contributed by atoms with van der Waals surface area (Å²) in [5.74, 6) is 0.364. The number of halogens is 1. The summed E-state index contributed by atoms with van der Waals surface area (Å²) in [6.07, 6.45) is 4.30. The number of furan rings is 1. The van der Waals surface area contributed by atoms with Gasteiger partial charge in [-0.2, -0.15) is 5.10 Å². The van der Waals surface area contributed by atoms with E-state index in [4.69, 9.17) is 16.0 Å². The monoisotopic (exact) mass is 370 g/mol. The van der Waals surface area contributed by atoms with Gasteiger partial charge in [0.1, 0.15) is 16.5 Å². The van der Waals surface area contributed by atoms with Crippen molar-refractivity contribution in [3.05, 3.63) is 81.3 Å². The Morgan fingerprint density at radius 1 is 1.31 bits per heavy atom. The van der Waals surface area contributed by atoms with Crippen molar-refractivity contribution in [1.29, 1.82) is 0 Å². The predicted octanol–water partition coefficient (Wildman–Crippen LogP) is 3.67. The molecule has 0 fully saturated rings. The van der Waals surface area contributed by atoms with Crippen molar-refractivity contribution >= 4 is 29.4 Å². The number of aromatic nitrogens is 1. The molecule has 1 N–H and O–H groups in total. The lowest BCUT2D eigenvalue weighted by Crippen LogP contribution is -2.17. The topological polar surface area (TPSA) is 111 Å². The lowest BCUT2D eigenvalue weighted by atomic mass is 10.1. The first-order valence-electron chi connectivity index (χ1n) is 7.32. The molecule has 0 unspecified atom stereocenters. The number of nitro benzene ring substituents is 1. The van der Waals surface area contributed by atoms with Crippen LogP contribution < -0.4 is 5.43 Å². The first-order chi connectivity index (χ1) is 12.5. The van der Waals surface area contributed by atoms with Gasteiger partial charge in [-0.15, -0.1) is 0 Å². The number of benzene rings is 1. The van der Waals surface area contributed by atoms with Crippen molar-refractivity contribution in [2.75, 3.05) is 0 Å². The molecule has 0 bridgehead atoms. The zero-order valence-corrected chi connectivity index (χ0v) is 13.9. The molecule has 1 aromatic carbocycles. The Balaban J connectivity index is 1.71. The maximum atomic E-state index is 11.8. The Morgan fingerprint density at radius 3 is 2.88 bits per heavy atom. The third-order valence-electron chi connectivity index (χ3n) is 3.34. The minimum absolute atomic E-state index is 0.0465. The van der Waals surface area contributed by atoms with Gasteiger partial charge in [-0.3, -0.25) is 19.9 Å². The molecule has 0 atom stereocenters. The third kappa shape index (κ3) is 3.93. The van der Waals surface area contributed by atoms with Crippen LogP contribution in [0.5, 0.6) is 0 Å². The molecule has 8 nitrogen and oxygen atoms in total. The second kappa shape index (κ2) is 7.58. The number of carbonyl (C=O) groups excluding carboxylic acids is 1. The normalized spacial score (nSPS) is 10.8. The van der Waals surface area contributed by atoms with Crippen LogP contribution in [0.2, 0.25) is 5.02 Å². The van der Waals surface area contributed by atoms with Crippen LogP contribution >= 0.6 is 11.6 Å². The largest absolute Gasteiger partial charge is 0.455 e. The number of hydrazone groups is 1. The summed E-state index contributed by atoms with van der Waals surface area (Å²) in [5, 5.41) is 14.8. The summed E-state index contributed by atoms with van der Waals surface area (Å²) in [5.41, 5.74) is 3.02. The van der Waals surface area contributed by atoms with Gasteiger partial charge in [0.15, 0.2) is 0 Å². The van der Waals surface area contributed by atoms with Gasteiger partial charge in [0.05, 0.1) is 16.7 Å². The van der Waals surface area contributed by atoms with E-state index in [1.54, 1.807) is 36.5 Å². The van der Waals surface area contributed by atoms with Crippen molar-refractivity contribution in [1.82, 2.24) is 10.4 Å². The van der Waals surface area contributed by atoms with E-state index in [9.17, 15) is 14.9 Å². The van der Waals surface area contributed by atoms with Crippen LogP contribution in [0.4, 0.5) is 5.69 Å². The van der Waals surface area contributed by atoms with Crippen molar-refractivity contribution in [2.24, 2.45) is 5.10 Å². The number of rotatable bonds is 5. The molecule has 130 valence electrons. The minimum atomic E-state index is -0.564. The zero-order chi connectivity index (χ0) is 18.5. The molecule has 9 heteroatoms. The molecule has 2 aromatic heterocycles. The third-order valence-corrected chi connectivity index (χ3v) is 3.66. The fourth-order valence-corrected chi connectivity index (χ4v) is 2.29. The number of pyridine rings is 1. The number of hydrogen-bond acceptors (Lipinski definition) is 6. The van der Waals surface area contributed by atoms with Gasteiger partial charge in [-0.05, 0) is 36.4 Å². The Hall–Kier alpha value is -3.52. The van der Waals surface area contributed by atoms with E-state index in [-0.39, 0.29) is 10.7 Å². The molecular formula is C17H11ClN4O4.